The first-order valence-electron chi connectivity index (χ1n) is 10.2. The van der Waals surface area contributed by atoms with E-state index in [4.69, 9.17) is 20.9 Å². The fourth-order valence-corrected chi connectivity index (χ4v) is 4.64. The van der Waals surface area contributed by atoms with Crippen LogP contribution in [0.25, 0.3) is 10.6 Å². The molecule has 0 bridgehead atoms. The molecule has 0 aliphatic carbocycles. The number of nitrogen functional groups attached to an aromatic ring is 1. The Morgan fingerprint density at radius 3 is 2.91 bits per heavy atom. The number of ether oxygens (including phenoxy) is 2. The van der Waals surface area contributed by atoms with E-state index in [1.54, 1.807) is 18.8 Å². The van der Waals surface area contributed by atoms with E-state index in [9.17, 15) is 13.6 Å². The van der Waals surface area contributed by atoms with E-state index >= 15 is 0 Å². The number of nitrogens with two attached hydrogens (primary N) is 2. The van der Waals surface area contributed by atoms with Crippen LogP contribution in [0.2, 0.25) is 0 Å². The number of aromatic nitrogens is 3. The lowest BCUT2D eigenvalue weighted by molar-refractivity contribution is -0.0211. The molecule has 1 fully saturated rings. The van der Waals surface area contributed by atoms with Crippen molar-refractivity contribution in [3.05, 3.63) is 47.4 Å². The van der Waals surface area contributed by atoms with Crippen LogP contribution in [-0.4, -0.2) is 46.5 Å². The van der Waals surface area contributed by atoms with Crippen LogP contribution in [0.5, 0.6) is 0 Å². The van der Waals surface area contributed by atoms with Crippen molar-refractivity contribution >= 4 is 27.9 Å². The molecule has 176 valence electrons. The van der Waals surface area contributed by atoms with Gasteiger partial charge in [0, 0.05) is 25.8 Å². The van der Waals surface area contributed by atoms with Gasteiger partial charge in [0.1, 0.15) is 16.1 Å². The fraction of sp³-hybridized carbons (Fsp3) is 0.381. The van der Waals surface area contributed by atoms with Crippen molar-refractivity contribution in [2.45, 2.75) is 31.1 Å². The quantitative estimate of drug-likeness (QED) is 0.514. The molecule has 9 nitrogen and oxygen atoms in total. The van der Waals surface area contributed by atoms with Gasteiger partial charge in [0.15, 0.2) is 17.3 Å². The lowest BCUT2D eigenvalue weighted by atomic mass is 10.0. The molecule has 0 radical (unpaired) electrons. The molecule has 0 saturated carbocycles. The summed E-state index contributed by atoms with van der Waals surface area (Å²) < 4.78 is 40.8. The summed E-state index contributed by atoms with van der Waals surface area (Å²) in [5.41, 5.74) is 13.1. The van der Waals surface area contributed by atoms with E-state index in [2.05, 4.69) is 15.4 Å². The van der Waals surface area contributed by atoms with E-state index in [-0.39, 0.29) is 39.5 Å². The van der Waals surface area contributed by atoms with Gasteiger partial charge in [0.05, 0.1) is 30.3 Å². The molecule has 0 spiro atoms. The van der Waals surface area contributed by atoms with Gasteiger partial charge in [-0.3, -0.25) is 9.48 Å². The first kappa shape index (κ1) is 23.2. The Balaban J connectivity index is 1.57. The summed E-state index contributed by atoms with van der Waals surface area (Å²) in [6.45, 7) is 0.308. The number of amides is 1. The first-order chi connectivity index (χ1) is 15.8. The number of carbonyl (C=O) groups excluding carboxylic acids is 1. The first-order valence-corrected chi connectivity index (χ1v) is 11.1. The van der Waals surface area contributed by atoms with Crippen LogP contribution in [0.1, 0.15) is 35.1 Å². The molecular formula is C21H24F2N6O3S. The molecule has 12 heteroatoms. The third-order valence-corrected chi connectivity index (χ3v) is 6.51. The zero-order valence-electron chi connectivity index (χ0n) is 18.0. The maximum Gasteiger partial charge on any atom is 0.277 e. The minimum atomic E-state index is -1.05. The molecule has 5 N–H and O–H groups in total. The molecule has 1 aliphatic rings. The summed E-state index contributed by atoms with van der Waals surface area (Å²) in [6.07, 6.45) is 2.21. The molecular weight excluding hydrogens is 454 g/mol. The number of hydrogen-bond acceptors (Lipinski definition) is 8. The second kappa shape index (κ2) is 9.51. The summed E-state index contributed by atoms with van der Waals surface area (Å²) in [4.78, 5) is 17.1. The highest BCUT2D eigenvalue weighted by Crippen LogP contribution is 2.35. The van der Waals surface area contributed by atoms with Crippen LogP contribution in [0.4, 0.5) is 19.5 Å². The van der Waals surface area contributed by atoms with Crippen LogP contribution >= 0.6 is 11.3 Å². The average molecular weight is 479 g/mol. The van der Waals surface area contributed by atoms with Crippen molar-refractivity contribution in [2.24, 2.45) is 12.8 Å². The molecule has 33 heavy (non-hydrogen) atoms. The fourth-order valence-electron chi connectivity index (χ4n) is 3.79. The van der Waals surface area contributed by atoms with Gasteiger partial charge in [0.25, 0.3) is 5.91 Å². The normalized spacial score (nSPS) is 21.1. The Morgan fingerprint density at radius 1 is 1.36 bits per heavy atom. The van der Waals surface area contributed by atoms with Gasteiger partial charge in [0.2, 0.25) is 0 Å². The number of anilines is 2. The number of benzene rings is 1. The number of thiazole rings is 1. The van der Waals surface area contributed by atoms with Crippen molar-refractivity contribution in [1.29, 1.82) is 0 Å². The van der Waals surface area contributed by atoms with E-state index in [1.165, 1.54) is 18.3 Å². The van der Waals surface area contributed by atoms with E-state index in [0.717, 1.165) is 17.4 Å². The maximum atomic E-state index is 14.2. The molecule has 1 aliphatic heterocycles. The summed E-state index contributed by atoms with van der Waals surface area (Å²) in [6, 6.07) is 3.58. The number of nitrogens with one attached hydrogen (secondary N) is 1. The molecule has 1 amide bonds. The van der Waals surface area contributed by atoms with Gasteiger partial charge in [-0.25, -0.2) is 13.8 Å². The molecule has 1 saturated heterocycles. The third kappa shape index (κ3) is 4.60. The lowest BCUT2D eigenvalue weighted by Gasteiger charge is -2.19. The molecule has 3 unspecified atom stereocenters. The van der Waals surface area contributed by atoms with Crippen LogP contribution in [0, 0.1) is 11.6 Å². The number of halogens is 2. The predicted octanol–water partition coefficient (Wildman–Crippen LogP) is 2.85. The second-order valence-electron chi connectivity index (χ2n) is 7.69. The Bertz CT molecular complexity index is 1170. The van der Waals surface area contributed by atoms with Crippen molar-refractivity contribution in [3.63, 3.8) is 0 Å². The van der Waals surface area contributed by atoms with E-state index in [0.29, 0.717) is 30.8 Å². The monoisotopic (exact) mass is 478 g/mol. The van der Waals surface area contributed by atoms with Gasteiger partial charge < -0.3 is 26.3 Å². The average Bonchev–Trinajstić information content (AvgIpc) is 3.28. The van der Waals surface area contributed by atoms with Gasteiger partial charge in [-0.05, 0) is 25.0 Å². The number of methoxy groups -OCH3 is 1. The standard InChI is InChI=1S/C21H24F2N6O3S/c1-29-18(14-7-6-12(24)15(31-2)9-32-14)13(8-26-29)27-20(30)17-19(25)33-21(28-17)10-4-3-5-11(22)16(10)23/h3-5,8,12,14-15H,6-7,9,24-25H2,1-2H3,(H,27,30). The molecule has 4 rings (SSSR count). The number of aryl methyl sites for hydroxylation is 1. The van der Waals surface area contributed by atoms with E-state index < -0.39 is 17.5 Å². The lowest BCUT2D eigenvalue weighted by Crippen LogP contribution is -2.37. The Hall–Kier alpha value is -2.93. The van der Waals surface area contributed by atoms with Crippen molar-refractivity contribution in [3.8, 4) is 10.6 Å². The topological polar surface area (TPSA) is 130 Å². The minimum Gasteiger partial charge on any atom is -0.389 e. The smallest absolute Gasteiger partial charge is 0.277 e. The molecule has 2 aromatic heterocycles. The summed E-state index contributed by atoms with van der Waals surface area (Å²) >= 11 is 0.898. The Labute approximate surface area is 192 Å². The SMILES string of the molecule is COC1COC(c2c(NC(=O)c3nc(-c4cccc(F)c4F)sc3N)cnn2C)CCC1N. The predicted molar refractivity (Wildman–Crippen MR) is 120 cm³/mol. The van der Waals surface area contributed by atoms with Gasteiger partial charge in [-0.15, -0.1) is 0 Å². The summed E-state index contributed by atoms with van der Waals surface area (Å²) in [7, 11) is 3.33. The zero-order chi connectivity index (χ0) is 23.7. The van der Waals surface area contributed by atoms with E-state index in [1.807, 2.05) is 0 Å². The largest absolute Gasteiger partial charge is 0.389 e. The molecule has 3 aromatic rings. The second-order valence-corrected chi connectivity index (χ2v) is 8.72. The van der Waals surface area contributed by atoms with Crippen LogP contribution in [0.3, 0.4) is 0 Å². The molecule has 3 heterocycles. The van der Waals surface area contributed by atoms with Crippen LogP contribution in [0.15, 0.2) is 24.4 Å². The highest BCUT2D eigenvalue weighted by molar-refractivity contribution is 7.19. The van der Waals surface area contributed by atoms with Crippen molar-refractivity contribution < 1.29 is 23.0 Å². The van der Waals surface area contributed by atoms with Gasteiger partial charge in [-0.1, -0.05) is 17.4 Å². The summed E-state index contributed by atoms with van der Waals surface area (Å²) in [5.74, 6) is -2.65. The Morgan fingerprint density at radius 2 is 2.15 bits per heavy atom. The molecule has 1 aromatic carbocycles. The summed E-state index contributed by atoms with van der Waals surface area (Å²) in [5, 5.41) is 7.19. The van der Waals surface area contributed by atoms with Crippen molar-refractivity contribution in [2.75, 3.05) is 24.8 Å². The number of hydrogen-bond donors (Lipinski definition) is 3. The Kier molecular flexibility index (Phi) is 6.70. The van der Waals surface area contributed by atoms with Crippen LogP contribution < -0.4 is 16.8 Å². The van der Waals surface area contributed by atoms with Crippen molar-refractivity contribution in [1.82, 2.24) is 14.8 Å². The third-order valence-electron chi connectivity index (χ3n) is 5.59. The maximum absolute atomic E-state index is 14.2. The van der Waals surface area contributed by atoms with Gasteiger partial charge >= 0.3 is 0 Å². The number of rotatable bonds is 5. The highest BCUT2D eigenvalue weighted by Gasteiger charge is 2.30. The number of carbonyl (C=O) groups is 1. The molecule has 3 atom stereocenters. The minimum absolute atomic E-state index is 0.0660. The zero-order valence-corrected chi connectivity index (χ0v) is 18.9. The highest BCUT2D eigenvalue weighted by atomic mass is 32.1. The van der Waals surface area contributed by atoms with Crippen LogP contribution in [-0.2, 0) is 16.5 Å². The van der Waals surface area contributed by atoms with Gasteiger partial charge in [-0.2, -0.15) is 5.10 Å². The number of nitrogens with zero attached hydrogens (tertiary/aromatic N) is 3.